The first-order chi connectivity index (χ1) is 21.8. The van der Waals surface area contributed by atoms with Crippen molar-refractivity contribution in [2.75, 3.05) is 10.6 Å². The minimum absolute atomic E-state index is 0.0926. The number of allylic oxidation sites excluding steroid dienone is 2. The average Bonchev–Trinajstić information content (AvgIpc) is 3.77. The van der Waals surface area contributed by atoms with Crippen molar-refractivity contribution in [3.05, 3.63) is 89.4 Å². The molecular weight excluding hydrogens is 568 g/mol. The van der Waals surface area contributed by atoms with Crippen molar-refractivity contribution in [1.29, 1.82) is 0 Å². The number of ketones is 1. The zero-order valence-corrected chi connectivity index (χ0v) is 26.1. The highest BCUT2D eigenvalue weighted by atomic mass is 16.2. The average molecular weight is 605 g/mol. The van der Waals surface area contributed by atoms with Crippen LogP contribution < -0.4 is 10.6 Å². The number of para-hydroxylation sites is 3. The van der Waals surface area contributed by atoms with Crippen molar-refractivity contribution in [2.24, 2.45) is 0 Å². The third-order valence-electron chi connectivity index (χ3n) is 7.66. The SMILES string of the molecule is CCn1nc(C)cc1Nc1nc2ccccc2n1C/C=C/Cn1c(NC(=O)c2cc(C)nn2CC)nc2c(C(C)=O)cccc21. The number of rotatable bonds is 11. The van der Waals surface area contributed by atoms with E-state index in [1.165, 1.54) is 6.92 Å². The molecule has 0 saturated heterocycles. The van der Waals surface area contributed by atoms with Crippen LogP contribution in [0.25, 0.3) is 22.1 Å². The van der Waals surface area contributed by atoms with Crippen molar-refractivity contribution in [3.63, 3.8) is 0 Å². The Morgan fingerprint density at radius 3 is 2.20 bits per heavy atom. The molecule has 0 atom stereocenters. The zero-order valence-electron chi connectivity index (χ0n) is 26.1. The van der Waals surface area contributed by atoms with Gasteiger partial charge in [-0.05, 0) is 65.0 Å². The number of nitrogens with zero attached hydrogens (tertiary/aromatic N) is 8. The van der Waals surface area contributed by atoms with Gasteiger partial charge in [0.1, 0.15) is 17.0 Å². The van der Waals surface area contributed by atoms with E-state index in [-0.39, 0.29) is 11.7 Å². The van der Waals surface area contributed by atoms with Crippen LogP contribution in [0, 0.1) is 13.8 Å². The van der Waals surface area contributed by atoms with E-state index in [1.54, 1.807) is 16.8 Å². The quantitative estimate of drug-likeness (QED) is 0.139. The summed E-state index contributed by atoms with van der Waals surface area (Å²) in [4.78, 5) is 35.4. The highest BCUT2D eigenvalue weighted by Crippen LogP contribution is 2.26. The predicted molar refractivity (Wildman–Crippen MR) is 175 cm³/mol. The van der Waals surface area contributed by atoms with E-state index in [2.05, 4.69) is 38.4 Å². The minimum atomic E-state index is -0.315. The van der Waals surface area contributed by atoms with E-state index in [9.17, 15) is 9.59 Å². The second-order valence-corrected chi connectivity index (χ2v) is 10.8. The topological polar surface area (TPSA) is 129 Å². The van der Waals surface area contributed by atoms with Crippen molar-refractivity contribution >= 4 is 51.5 Å². The molecule has 230 valence electrons. The molecule has 12 nitrogen and oxygen atoms in total. The summed E-state index contributed by atoms with van der Waals surface area (Å²) in [5, 5.41) is 15.4. The maximum Gasteiger partial charge on any atom is 0.276 e. The molecule has 1 amide bonds. The zero-order chi connectivity index (χ0) is 31.7. The summed E-state index contributed by atoms with van der Waals surface area (Å²) >= 11 is 0. The van der Waals surface area contributed by atoms with E-state index < -0.39 is 0 Å². The van der Waals surface area contributed by atoms with Crippen LogP contribution in [0.5, 0.6) is 0 Å². The largest absolute Gasteiger partial charge is 0.310 e. The summed E-state index contributed by atoms with van der Waals surface area (Å²) in [6.45, 7) is 11.6. The molecule has 0 saturated carbocycles. The Hall–Kier alpha value is -5.52. The van der Waals surface area contributed by atoms with Gasteiger partial charge in [0.05, 0.1) is 27.9 Å². The number of carbonyl (C=O) groups excluding carboxylic acids is 2. The lowest BCUT2D eigenvalue weighted by molar-refractivity contribution is 0.100. The maximum atomic E-state index is 13.4. The Bertz CT molecular complexity index is 2070. The van der Waals surface area contributed by atoms with Gasteiger partial charge in [0.2, 0.25) is 11.9 Å². The molecule has 45 heavy (non-hydrogen) atoms. The number of aromatic nitrogens is 8. The number of hydrogen-bond acceptors (Lipinski definition) is 7. The molecule has 0 aliphatic rings. The van der Waals surface area contributed by atoms with Gasteiger partial charge >= 0.3 is 0 Å². The number of benzene rings is 2. The number of carbonyl (C=O) groups is 2. The van der Waals surface area contributed by atoms with Crippen LogP contribution in [-0.4, -0.2) is 50.4 Å². The van der Waals surface area contributed by atoms with Crippen molar-refractivity contribution in [2.45, 2.75) is 60.8 Å². The Kier molecular flexibility index (Phi) is 8.03. The summed E-state index contributed by atoms with van der Waals surface area (Å²) in [6, 6.07) is 17.3. The molecule has 2 aromatic carbocycles. The normalized spacial score (nSPS) is 11.7. The molecule has 4 aromatic heterocycles. The summed E-state index contributed by atoms with van der Waals surface area (Å²) in [5.74, 6) is 1.54. The smallest absolute Gasteiger partial charge is 0.276 e. The van der Waals surface area contributed by atoms with Crippen LogP contribution in [0.4, 0.5) is 17.7 Å². The highest BCUT2D eigenvalue weighted by molar-refractivity contribution is 6.07. The lowest BCUT2D eigenvalue weighted by atomic mass is 10.1. The van der Waals surface area contributed by atoms with Crippen LogP contribution in [0.1, 0.15) is 53.0 Å². The third kappa shape index (κ3) is 5.74. The molecule has 0 bridgehead atoms. The van der Waals surface area contributed by atoms with E-state index >= 15 is 0 Å². The van der Waals surface area contributed by atoms with Gasteiger partial charge in [0, 0.05) is 37.8 Å². The summed E-state index contributed by atoms with van der Waals surface area (Å²) in [5.41, 5.74) is 5.82. The molecule has 4 heterocycles. The molecule has 0 unspecified atom stereocenters. The van der Waals surface area contributed by atoms with E-state index in [0.29, 0.717) is 48.3 Å². The van der Waals surface area contributed by atoms with Gasteiger partial charge in [-0.3, -0.25) is 19.6 Å². The molecular formula is C33H36N10O2. The Morgan fingerprint density at radius 1 is 0.800 bits per heavy atom. The first kappa shape index (κ1) is 29.5. The molecule has 0 fully saturated rings. The van der Waals surface area contributed by atoms with Crippen LogP contribution in [-0.2, 0) is 26.2 Å². The summed E-state index contributed by atoms with van der Waals surface area (Å²) < 4.78 is 7.60. The van der Waals surface area contributed by atoms with Crippen LogP contribution in [0.3, 0.4) is 0 Å². The molecule has 0 spiro atoms. The number of aryl methyl sites for hydroxylation is 4. The van der Waals surface area contributed by atoms with Crippen LogP contribution in [0.15, 0.2) is 66.7 Å². The van der Waals surface area contributed by atoms with Gasteiger partial charge in [0.25, 0.3) is 5.91 Å². The standard InChI is InChI=1S/C33H36N10O2/c1-6-42-28(19-21(3)38-42)31(45)37-33-36-30-24(23(5)44)13-12-16-27(30)41(33)18-11-10-17-40-26-15-9-8-14-25(26)34-32(40)35-29-20-22(4)39-43(29)7-2/h8-16,19-20H,6-7,17-18H2,1-5H3,(H,34,35)(H,36,37,45)/b11-10+. The molecule has 6 aromatic rings. The number of nitrogens with one attached hydrogen (secondary N) is 2. The number of amides is 1. The lowest BCUT2D eigenvalue weighted by Gasteiger charge is -2.11. The number of hydrogen-bond donors (Lipinski definition) is 2. The van der Waals surface area contributed by atoms with E-state index in [4.69, 9.17) is 9.97 Å². The minimum Gasteiger partial charge on any atom is -0.310 e. The molecule has 0 radical (unpaired) electrons. The number of fused-ring (bicyclic) bond motifs is 2. The Balaban J connectivity index is 1.31. The van der Waals surface area contributed by atoms with Gasteiger partial charge in [-0.2, -0.15) is 10.2 Å². The van der Waals surface area contributed by atoms with Gasteiger partial charge in [-0.25, -0.2) is 14.6 Å². The maximum absolute atomic E-state index is 13.4. The van der Waals surface area contributed by atoms with Crippen LogP contribution >= 0.6 is 0 Å². The van der Waals surface area contributed by atoms with E-state index in [1.807, 2.05) is 78.6 Å². The Morgan fingerprint density at radius 2 is 1.47 bits per heavy atom. The third-order valence-corrected chi connectivity index (χ3v) is 7.66. The van der Waals surface area contributed by atoms with Crippen molar-refractivity contribution in [3.8, 4) is 0 Å². The lowest BCUT2D eigenvalue weighted by Crippen LogP contribution is -2.19. The second kappa shape index (κ2) is 12.2. The van der Waals surface area contributed by atoms with Gasteiger partial charge in [-0.1, -0.05) is 30.4 Å². The fourth-order valence-corrected chi connectivity index (χ4v) is 5.56. The molecule has 0 aliphatic heterocycles. The fraction of sp³-hybridized carbons (Fsp3) is 0.273. The summed E-state index contributed by atoms with van der Waals surface area (Å²) in [6.07, 6.45) is 4.08. The molecule has 0 aliphatic carbocycles. The molecule has 6 rings (SSSR count). The Labute approximate surface area is 260 Å². The molecule has 12 heteroatoms. The van der Waals surface area contributed by atoms with Crippen molar-refractivity contribution < 1.29 is 9.59 Å². The molecule has 2 N–H and O–H groups in total. The van der Waals surface area contributed by atoms with Gasteiger partial charge in [-0.15, -0.1) is 0 Å². The monoisotopic (exact) mass is 604 g/mol. The van der Waals surface area contributed by atoms with Crippen LogP contribution in [0.2, 0.25) is 0 Å². The first-order valence-corrected chi connectivity index (χ1v) is 15.0. The van der Waals surface area contributed by atoms with Gasteiger partial charge in [0.15, 0.2) is 5.78 Å². The second-order valence-electron chi connectivity index (χ2n) is 10.8. The number of anilines is 3. The number of Topliss-reactive ketones (excluding diaryl/α,β-unsaturated/α-hetero) is 1. The van der Waals surface area contributed by atoms with Gasteiger partial charge < -0.3 is 14.5 Å². The number of imidazole rings is 2. The first-order valence-electron chi connectivity index (χ1n) is 15.0. The highest BCUT2D eigenvalue weighted by Gasteiger charge is 2.20. The van der Waals surface area contributed by atoms with Crippen molar-refractivity contribution in [1.82, 2.24) is 38.7 Å². The fourth-order valence-electron chi connectivity index (χ4n) is 5.56. The van der Waals surface area contributed by atoms with E-state index in [0.717, 1.165) is 40.3 Å². The predicted octanol–water partition coefficient (Wildman–Crippen LogP) is 5.89. The summed E-state index contributed by atoms with van der Waals surface area (Å²) in [7, 11) is 0.